The number of likely N-dealkylation sites (tertiary alicyclic amines) is 1. The van der Waals surface area contributed by atoms with Gasteiger partial charge in [-0.1, -0.05) is 0 Å². The molecule has 1 aromatic rings. The quantitative estimate of drug-likeness (QED) is 0.718. The molecule has 0 bridgehead atoms. The molecular weight excluding hydrogens is 372 g/mol. The number of aryl methyl sites for hydroxylation is 1. The molecule has 8 heteroatoms. The van der Waals surface area contributed by atoms with E-state index in [0.29, 0.717) is 12.2 Å². The van der Waals surface area contributed by atoms with Crippen molar-refractivity contribution in [3.8, 4) is 0 Å². The molecule has 1 aliphatic carbocycles. The second kappa shape index (κ2) is 7.82. The summed E-state index contributed by atoms with van der Waals surface area (Å²) < 4.78 is 0. The van der Waals surface area contributed by atoms with E-state index >= 15 is 0 Å². The van der Waals surface area contributed by atoms with Crippen LogP contribution in [0.5, 0.6) is 0 Å². The lowest BCUT2D eigenvalue weighted by atomic mass is 9.78. The van der Waals surface area contributed by atoms with Crippen LogP contribution in [0.1, 0.15) is 50.5 Å². The van der Waals surface area contributed by atoms with Crippen molar-refractivity contribution in [2.24, 2.45) is 5.41 Å². The first-order chi connectivity index (χ1) is 13.9. The summed E-state index contributed by atoms with van der Waals surface area (Å²) in [6.07, 6.45) is 6.30. The van der Waals surface area contributed by atoms with Crippen LogP contribution in [0, 0.1) is 12.3 Å². The molecule has 0 aromatic carbocycles. The van der Waals surface area contributed by atoms with E-state index < -0.39 is 6.09 Å². The highest BCUT2D eigenvalue weighted by molar-refractivity contribution is 5.86. The summed E-state index contributed by atoms with van der Waals surface area (Å²) in [5.41, 5.74) is 1.00. The highest BCUT2D eigenvalue weighted by Gasteiger charge is 2.50. The number of anilines is 2. The van der Waals surface area contributed by atoms with Crippen molar-refractivity contribution in [2.75, 3.05) is 29.9 Å². The SMILES string of the molecule is Cc1cc(NC(=O)O)cnc1N1CCC[C@@]2(CCN([C@H]3CC[C@@H](O)CC3)C2=O)C1. The number of pyridine rings is 1. The van der Waals surface area contributed by atoms with E-state index in [1.165, 1.54) is 6.20 Å². The van der Waals surface area contributed by atoms with Crippen LogP contribution in [0.25, 0.3) is 0 Å². The van der Waals surface area contributed by atoms with Crippen LogP contribution >= 0.6 is 0 Å². The van der Waals surface area contributed by atoms with Crippen LogP contribution < -0.4 is 10.2 Å². The summed E-state index contributed by atoms with van der Waals surface area (Å²) in [5, 5.41) is 21.0. The van der Waals surface area contributed by atoms with Gasteiger partial charge in [0.25, 0.3) is 0 Å². The molecule has 4 rings (SSSR count). The monoisotopic (exact) mass is 402 g/mol. The van der Waals surface area contributed by atoms with Gasteiger partial charge in [0.1, 0.15) is 5.82 Å². The fourth-order valence-electron chi connectivity index (χ4n) is 5.35. The minimum absolute atomic E-state index is 0.212. The molecule has 0 unspecified atom stereocenters. The van der Waals surface area contributed by atoms with Crippen LogP contribution in [0.4, 0.5) is 16.3 Å². The summed E-state index contributed by atoms with van der Waals surface area (Å²) in [6, 6.07) is 2.05. The Morgan fingerprint density at radius 2 is 2.00 bits per heavy atom. The van der Waals surface area contributed by atoms with Gasteiger partial charge in [0, 0.05) is 25.7 Å². The minimum Gasteiger partial charge on any atom is -0.465 e. The molecule has 2 amide bonds. The second-order valence-electron chi connectivity index (χ2n) is 8.81. The molecular formula is C21H30N4O4. The summed E-state index contributed by atoms with van der Waals surface area (Å²) in [5.74, 6) is 1.09. The molecule has 1 aromatic heterocycles. The normalized spacial score (nSPS) is 30.1. The van der Waals surface area contributed by atoms with Crippen molar-refractivity contribution >= 4 is 23.5 Å². The van der Waals surface area contributed by atoms with Crippen molar-refractivity contribution in [2.45, 2.75) is 64.0 Å². The predicted molar refractivity (Wildman–Crippen MR) is 109 cm³/mol. The molecule has 3 fully saturated rings. The number of rotatable bonds is 3. The van der Waals surface area contributed by atoms with Gasteiger partial charge in [-0.25, -0.2) is 9.78 Å². The van der Waals surface area contributed by atoms with Gasteiger partial charge < -0.3 is 20.0 Å². The van der Waals surface area contributed by atoms with Gasteiger partial charge in [0.2, 0.25) is 5.91 Å². The lowest BCUT2D eigenvalue weighted by Crippen LogP contribution is -2.50. The van der Waals surface area contributed by atoms with E-state index in [9.17, 15) is 14.7 Å². The van der Waals surface area contributed by atoms with Gasteiger partial charge in [-0.15, -0.1) is 0 Å². The zero-order chi connectivity index (χ0) is 20.6. The molecule has 2 aliphatic heterocycles. The Hall–Kier alpha value is -2.35. The molecule has 3 heterocycles. The zero-order valence-electron chi connectivity index (χ0n) is 16.9. The van der Waals surface area contributed by atoms with Gasteiger partial charge in [-0.2, -0.15) is 0 Å². The number of nitrogens with zero attached hydrogens (tertiary/aromatic N) is 3. The Morgan fingerprint density at radius 1 is 1.24 bits per heavy atom. The number of hydrogen-bond donors (Lipinski definition) is 3. The van der Waals surface area contributed by atoms with Crippen LogP contribution in [-0.2, 0) is 4.79 Å². The van der Waals surface area contributed by atoms with Crippen molar-refractivity contribution in [3.05, 3.63) is 17.8 Å². The molecule has 8 nitrogen and oxygen atoms in total. The van der Waals surface area contributed by atoms with Crippen molar-refractivity contribution in [3.63, 3.8) is 0 Å². The summed E-state index contributed by atoms with van der Waals surface area (Å²) in [7, 11) is 0. The molecule has 1 spiro atoms. The van der Waals surface area contributed by atoms with Crippen LogP contribution in [-0.4, -0.2) is 63.9 Å². The third-order valence-corrected chi connectivity index (χ3v) is 6.83. The largest absolute Gasteiger partial charge is 0.465 e. The third-order valence-electron chi connectivity index (χ3n) is 6.83. The number of amides is 2. The second-order valence-corrected chi connectivity index (χ2v) is 8.81. The fraction of sp³-hybridized carbons (Fsp3) is 0.667. The Morgan fingerprint density at radius 3 is 2.69 bits per heavy atom. The number of aliphatic hydroxyl groups excluding tert-OH is 1. The number of piperidine rings is 1. The van der Waals surface area contributed by atoms with Crippen molar-refractivity contribution < 1.29 is 19.8 Å². The number of aliphatic hydroxyl groups is 1. The Labute approximate surface area is 170 Å². The maximum absolute atomic E-state index is 13.4. The van der Waals surface area contributed by atoms with Crippen LogP contribution in [0.3, 0.4) is 0 Å². The Balaban J connectivity index is 1.48. The van der Waals surface area contributed by atoms with Gasteiger partial charge in [-0.05, 0) is 63.5 Å². The number of aromatic nitrogens is 1. The van der Waals surface area contributed by atoms with Crippen molar-refractivity contribution in [1.29, 1.82) is 0 Å². The smallest absolute Gasteiger partial charge is 0.409 e. The first-order valence-corrected chi connectivity index (χ1v) is 10.6. The summed E-state index contributed by atoms with van der Waals surface area (Å²) in [6.45, 7) is 4.25. The summed E-state index contributed by atoms with van der Waals surface area (Å²) >= 11 is 0. The first kappa shape index (κ1) is 19.9. The highest BCUT2D eigenvalue weighted by Crippen LogP contribution is 2.43. The predicted octanol–water partition coefficient (Wildman–Crippen LogP) is 2.60. The molecule has 3 aliphatic rings. The van der Waals surface area contributed by atoms with E-state index in [0.717, 1.165) is 69.4 Å². The number of carboxylic acid groups (broad SMARTS) is 1. The molecule has 3 N–H and O–H groups in total. The molecule has 29 heavy (non-hydrogen) atoms. The number of nitrogens with one attached hydrogen (secondary N) is 1. The lowest BCUT2D eigenvalue weighted by molar-refractivity contribution is -0.139. The molecule has 0 radical (unpaired) electrons. The minimum atomic E-state index is -1.11. The number of carbonyl (C=O) groups is 2. The van der Waals surface area contributed by atoms with E-state index in [1.807, 2.05) is 6.92 Å². The van der Waals surface area contributed by atoms with E-state index in [1.54, 1.807) is 6.07 Å². The molecule has 2 saturated heterocycles. The fourth-order valence-corrected chi connectivity index (χ4v) is 5.35. The summed E-state index contributed by atoms with van der Waals surface area (Å²) in [4.78, 5) is 33.1. The van der Waals surface area contributed by atoms with Gasteiger partial charge in [0.15, 0.2) is 0 Å². The third kappa shape index (κ3) is 3.90. The van der Waals surface area contributed by atoms with Crippen LogP contribution in [0.2, 0.25) is 0 Å². The average Bonchev–Trinajstić information content (AvgIpc) is 2.98. The lowest BCUT2D eigenvalue weighted by Gasteiger charge is -2.41. The highest BCUT2D eigenvalue weighted by atomic mass is 16.4. The molecule has 1 saturated carbocycles. The first-order valence-electron chi connectivity index (χ1n) is 10.6. The number of hydrogen-bond acceptors (Lipinski definition) is 5. The molecule has 158 valence electrons. The Bertz CT molecular complexity index is 793. The van der Waals surface area contributed by atoms with Gasteiger partial charge in [0.05, 0.1) is 23.4 Å². The van der Waals surface area contributed by atoms with Gasteiger partial charge >= 0.3 is 6.09 Å². The zero-order valence-corrected chi connectivity index (χ0v) is 16.9. The average molecular weight is 402 g/mol. The Kier molecular flexibility index (Phi) is 5.38. The van der Waals surface area contributed by atoms with Gasteiger partial charge in [-0.3, -0.25) is 10.1 Å². The van der Waals surface area contributed by atoms with E-state index in [-0.39, 0.29) is 23.5 Å². The van der Waals surface area contributed by atoms with E-state index in [4.69, 9.17) is 5.11 Å². The maximum atomic E-state index is 13.4. The van der Waals surface area contributed by atoms with Crippen LogP contribution in [0.15, 0.2) is 12.3 Å². The van der Waals surface area contributed by atoms with E-state index in [2.05, 4.69) is 20.1 Å². The number of carbonyl (C=O) groups excluding carboxylic acids is 1. The van der Waals surface area contributed by atoms with Crippen molar-refractivity contribution in [1.82, 2.24) is 9.88 Å². The maximum Gasteiger partial charge on any atom is 0.409 e. The standard InChI is InChI=1S/C21H30N4O4/c1-14-11-15(23-20(28)29)12-22-18(14)24-9-2-7-21(13-24)8-10-25(19(21)27)16-3-5-17(26)6-4-16/h11-12,16-17,23,26H,2-10,13H2,1H3,(H,28,29)/t16-,17+,21-/m1/s1. The molecule has 1 atom stereocenters. The topological polar surface area (TPSA) is 106 Å².